The molecule has 9 heteroatoms. The van der Waals surface area contributed by atoms with Crippen molar-refractivity contribution in [2.45, 2.75) is 11.4 Å². The lowest BCUT2D eigenvalue weighted by atomic mass is 10.3. The van der Waals surface area contributed by atoms with Gasteiger partial charge in [-0.15, -0.1) is 0 Å². The predicted molar refractivity (Wildman–Crippen MR) is 75.7 cm³/mol. The van der Waals surface area contributed by atoms with Crippen LogP contribution in [0.25, 0.3) is 0 Å². The first kappa shape index (κ1) is 14.9. The van der Waals surface area contributed by atoms with Crippen LogP contribution in [0, 0.1) is 5.82 Å². The number of halogens is 2. The number of sulfonamides is 1. The van der Waals surface area contributed by atoms with Gasteiger partial charge in [-0.3, -0.25) is 4.68 Å². The van der Waals surface area contributed by atoms with E-state index in [1.54, 1.807) is 19.3 Å². The van der Waals surface area contributed by atoms with Gasteiger partial charge in [0, 0.05) is 18.9 Å². The van der Waals surface area contributed by atoms with E-state index in [1.807, 2.05) is 0 Å². The van der Waals surface area contributed by atoms with E-state index < -0.39 is 20.7 Å². The summed E-state index contributed by atoms with van der Waals surface area (Å²) in [7, 11) is -2.32. The Kier molecular flexibility index (Phi) is 4.11. The number of benzene rings is 1. The van der Waals surface area contributed by atoms with Crippen LogP contribution >= 0.6 is 15.9 Å². The zero-order chi connectivity index (χ0) is 14.9. The van der Waals surface area contributed by atoms with Gasteiger partial charge in [0.25, 0.3) is 0 Å². The molecule has 0 aliphatic rings. The third kappa shape index (κ3) is 3.00. The molecule has 3 N–H and O–H groups in total. The largest absolute Gasteiger partial charge is 0.399 e. The summed E-state index contributed by atoms with van der Waals surface area (Å²) in [6.07, 6.45) is 1.54. The SMILES string of the molecule is Cn1nccc1CNS(=O)(=O)c1cc(N)cc(Br)c1F. The van der Waals surface area contributed by atoms with Gasteiger partial charge in [0.1, 0.15) is 4.90 Å². The Morgan fingerprint density at radius 2 is 2.20 bits per heavy atom. The van der Waals surface area contributed by atoms with Crippen molar-refractivity contribution in [2.24, 2.45) is 7.05 Å². The molecule has 0 atom stereocenters. The topological polar surface area (TPSA) is 90.0 Å². The van der Waals surface area contributed by atoms with Crippen LogP contribution in [-0.4, -0.2) is 18.2 Å². The summed E-state index contributed by atoms with van der Waals surface area (Å²) in [6, 6.07) is 4.04. The van der Waals surface area contributed by atoms with Crippen molar-refractivity contribution >= 4 is 31.6 Å². The lowest BCUT2D eigenvalue weighted by Gasteiger charge is -2.09. The van der Waals surface area contributed by atoms with E-state index in [2.05, 4.69) is 25.8 Å². The fraction of sp³-hybridized carbons (Fsp3) is 0.182. The second kappa shape index (κ2) is 5.51. The van der Waals surface area contributed by atoms with Gasteiger partial charge in [-0.25, -0.2) is 17.5 Å². The minimum Gasteiger partial charge on any atom is -0.399 e. The van der Waals surface area contributed by atoms with E-state index in [1.165, 1.54) is 10.7 Å². The van der Waals surface area contributed by atoms with E-state index in [0.717, 1.165) is 6.07 Å². The van der Waals surface area contributed by atoms with Gasteiger partial charge in [-0.05, 0) is 34.1 Å². The molecule has 1 heterocycles. The van der Waals surface area contributed by atoms with Gasteiger partial charge < -0.3 is 5.73 Å². The number of nitrogen functional groups attached to an aromatic ring is 1. The Hall–Kier alpha value is -1.45. The molecule has 1 aromatic heterocycles. The van der Waals surface area contributed by atoms with Crippen LogP contribution in [0.2, 0.25) is 0 Å². The highest BCUT2D eigenvalue weighted by atomic mass is 79.9. The van der Waals surface area contributed by atoms with Crippen molar-refractivity contribution in [1.82, 2.24) is 14.5 Å². The number of hydrogen-bond acceptors (Lipinski definition) is 4. The van der Waals surface area contributed by atoms with Crippen LogP contribution in [-0.2, 0) is 23.6 Å². The fourth-order valence-electron chi connectivity index (χ4n) is 1.60. The van der Waals surface area contributed by atoms with Crippen molar-refractivity contribution in [3.05, 3.63) is 40.4 Å². The normalized spacial score (nSPS) is 11.8. The monoisotopic (exact) mass is 362 g/mol. The molecule has 0 aliphatic carbocycles. The standard InChI is InChI=1S/C11H12BrFN4O2S/c1-17-8(2-3-15-17)6-16-20(18,19)10-5-7(14)4-9(12)11(10)13/h2-5,16H,6,14H2,1H3. The zero-order valence-corrected chi connectivity index (χ0v) is 12.9. The molecule has 2 rings (SSSR count). The molecule has 0 bridgehead atoms. The Morgan fingerprint density at radius 1 is 1.50 bits per heavy atom. The number of rotatable bonds is 4. The Bertz CT molecular complexity index is 745. The Labute approximate surface area is 124 Å². The van der Waals surface area contributed by atoms with Crippen LogP contribution in [0.15, 0.2) is 33.8 Å². The van der Waals surface area contributed by atoms with Gasteiger partial charge >= 0.3 is 0 Å². The molecular weight excluding hydrogens is 351 g/mol. The molecule has 0 radical (unpaired) electrons. The number of nitrogens with zero attached hydrogens (tertiary/aromatic N) is 2. The first-order valence-corrected chi connectivity index (χ1v) is 7.80. The molecule has 0 fully saturated rings. The van der Waals surface area contributed by atoms with Crippen LogP contribution in [0.1, 0.15) is 5.69 Å². The molecule has 20 heavy (non-hydrogen) atoms. The Balaban J connectivity index is 2.29. The van der Waals surface area contributed by atoms with Crippen molar-refractivity contribution in [3.8, 4) is 0 Å². The van der Waals surface area contributed by atoms with E-state index in [-0.39, 0.29) is 16.7 Å². The van der Waals surface area contributed by atoms with Crippen molar-refractivity contribution < 1.29 is 12.8 Å². The molecule has 108 valence electrons. The Morgan fingerprint density at radius 3 is 2.80 bits per heavy atom. The molecule has 6 nitrogen and oxygen atoms in total. The summed E-state index contributed by atoms with van der Waals surface area (Å²) < 4.78 is 41.9. The molecule has 2 aromatic rings. The first-order chi connectivity index (χ1) is 9.31. The zero-order valence-electron chi connectivity index (χ0n) is 10.5. The fourth-order valence-corrected chi connectivity index (χ4v) is 3.34. The smallest absolute Gasteiger partial charge is 0.243 e. The lowest BCUT2D eigenvalue weighted by molar-refractivity contribution is 0.552. The number of aryl methyl sites for hydroxylation is 1. The van der Waals surface area contributed by atoms with Gasteiger partial charge in [0.15, 0.2) is 5.82 Å². The average molecular weight is 363 g/mol. The van der Waals surface area contributed by atoms with Crippen molar-refractivity contribution in [3.63, 3.8) is 0 Å². The summed E-state index contributed by atoms with van der Waals surface area (Å²) >= 11 is 2.93. The van der Waals surface area contributed by atoms with E-state index in [0.29, 0.717) is 5.69 Å². The summed E-state index contributed by atoms with van der Waals surface area (Å²) in [5, 5.41) is 3.92. The predicted octanol–water partition coefficient (Wildman–Crippen LogP) is 1.38. The van der Waals surface area contributed by atoms with Gasteiger partial charge in [0.05, 0.1) is 16.7 Å². The molecule has 0 unspecified atom stereocenters. The maximum absolute atomic E-state index is 13.9. The highest BCUT2D eigenvalue weighted by Crippen LogP contribution is 2.26. The van der Waals surface area contributed by atoms with Gasteiger partial charge in [0.2, 0.25) is 10.0 Å². The highest BCUT2D eigenvalue weighted by molar-refractivity contribution is 9.10. The molecular formula is C11H12BrFN4O2S. The minimum atomic E-state index is -4.00. The minimum absolute atomic E-state index is 0.00147. The molecule has 0 aliphatic heterocycles. The van der Waals surface area contributed by atoms with Crippen molar-refractivity contribution in [1.29, 1.82) is 0 Å². The average Bonchev–Trinajstić information content (AvgIpc) is 2.77. The second-order valence-electron chi connectivity index (χ2n) is 4.09. The number of aromatic nitrogens is 2. The van der Waals surface area contributed by atoms with Crippen LogP contribution < -0.4 is 10.5 Å². The first-order valence-electron chi connectivity index (χ1n) is 5.52. The van der Waals surface area contributed by atoms with Crippen LogP contribution in [0.4, 0.5) is 10.1 Å². The highest BCUT2D eigenvalue weighted by Gasteiger charge is 2.21. The number of nitrogens with two attached hydrogens (primary N) is 1. The molecule has 1 aromatic carbocycles. The van der Waals surface area contributed by atoms with Crippen molar-refractivity contribution in [2.75, 3.05) is 5.73 Å². The van der Waals surface area contributed by atoms with E-state index in [4.69, 9.17) is 5.73 Å². The molecule has 0 saturated carbocycles. The molecule has 0 saturated heterocycles. The second-order valence-corrected chi connectivity index (χ2v) is 6.68. The van der Waals surface area contributed by atoms with Crippen LogP contribution in [0.5, 0.6) is 0 Å². The summed E-state index contributed by atoms with van der Waals surface area (Å²) in [5.41, 5.74) is 6.34. The lowest BCUT2D eigenvalue weighted by Crippen LogP contribution is -2.25. The maximum Gasteiger partial charge on any atom is 0.243 e. The van der Waals surface area contributed by atoms with E-state index in [9.17, 15) is 12.8 Å². The summed E-state index contributed by atoms with van der Waals surface area (Å²) in [6.45, 7) is 0.00465. The van der Waals surface area contributed by atoms with Gasteiger partial charge in [-0.1, -0.05) is 0 Å². The summed E-state index contributed by atoms with van der Waals surface area (Å²) in [4.78, 5) is -0.494. The summed E-state index contributed by atoms with van der Waals surface area (Å²) in [5.74, 6) is -0.878. The molecule has 0 amide bonds. The molecule has 0 spiro atoms. The van der Waals surface area contributed by atoms with E-state index >= 15 is 0 Å². The number of nitrogens with one attached hydrogen (secondary N) is 1. The third-order valence-corrected chi connectivity index (χ3v) is 4.65. The van der Waals surface area contributed by atoms with Gasteiger partial charge in [-0.2, -0.15) is 5.10 Å². The number of anilines is 1. The quantitative estimate of drug-likeness (QED) is 0.804. The maximum atomic E-state index is 13.9. The third-order valence-electron chi connectivity index (χ3n) is 2.67. The van der Waals surface area contributed by atoms with Crippen LogP contribution in [0.3, 0.4) is 0 Å². The number of hydrogen-bond donors (Lipinski definition) is 2.